The zero-order chi connectivity index (χ0) is 22.6. The van der Waals surface area contributed by atoms with Gasteiger partial charge >= 0.3 is 0 Å². The third kappa shape index (κ3) is 4.48. The van der Waals surface area contributed by atoms with Gasteiger partial charge in [-0.2, -0.15) is 15.5 Å². The minimum absolute atomic E-state index is 0.124. The number of rotatable bonds is 7. The molecular formula is C25H26N8. The Labute approximate surface area is 192 Å². The van der Waals surface area contributed by atoms with E-state index < -0.39 is 0 Å². The van der Waals surface area contributed by atoms with E-state index in [4.69, 9.17) is 4.98 Å². The van der Waals surface area contributed by atoms with E-state index in [1.54, 1.807) is 6.20 Å². The van der Waals surface area contributed by atoms with E-state index in [2.05, 4.69) is 26.6 Å². The summed E-state index contributed by atoms with van der Waals surface area (Å²) >= 11 is 0. The lowest BCUT2D eigenvalue weighted by atomic mass is 9.96. The summed E-state index contributed by atoms with van der Waals surface area (Å²) in [5.41, 5.74) is 4.64. The van der Waals surface area contributed by atoms with Crippen LogP contribution in [0.2, 0.25) is 0 Å². The minimum atomic E-state index is 0.124. The molecule has 1 aliphatic carbocycles. The molecule has 8 heteroatoms. The molecule has 4 aromatic rings. The van der Waals surface area contributed by atoms with Crippen molar-refractivity contribution in [1.82, 2.24) is 29.5 Å². The standard InChI is InChI=1S/C25H26N8/c1-18-15-27-25(30-21-7-9-22(10-8-21)32-14-4-13-28-32)31-24(18)20-16-29-33(17-20)23(11-12-26)19-5-2-3-6-19/h4,7-10,13-17,19,23H,2-3,5-6,11H2,1H3,(H,27,30,31). The van der Waals surface area contributed by atoms with Crippen LogP contribution in [0.1, 0.15) is 43.7 Å². The second-order valence-corrected chi connectivity index (χ2v) is 8.53. The summed E-state index contributed by atoms with van der Waals surface area (Å²) < 4.78 is 3.78. The fraction of sp³-hybridized carbons (Fsp3) is 0.320. The van der Waals surface area contributed by atoms with Gasteiger partial charge in [-0.1, -0.05) is 12.8 Å². The van der Waals surface area contributed by atoms with Gasteiger partial charge < -0.3 is 5.32 Å². The summed E-state index contributed by atoms with van der Waals surface area (Å²) in [6.45, 7) is 2.00. The Morgan fingerprint density at radius 3 is 2.70 bits per heavy atom. The predicted octanol–water partition coefficient (Wildman–Crippen LogP) is 5.22. The third-order valence-corrected chi connectivity index (χ3v) is 6.32. The van der Waals surface area contributed by atoms with Crippen LogP contribution in [0.3, 0.4) is 0 Å². The molecule has 0 amide bonds. The van der Waals surface area contributed by atoms with Crippen LogP contribution in [0.5, 0.6) is 0 Å². The molecule has 5 rings (SSSR count). The Bertz CT molecular complexity index is 1240. The van der Waals surface area contributed by atoms with Gasteiger partial charge in [0.15, 0.2) is 0 Å². The number of benzene rings is 1. The maximum atomic E-state index is 9.35. The average molecular weight is 439 g/mol. The monoisotopic (exact) mass is 438 g/mol. The molecule has 0 saturated heterocycles. The Kier molecular flexibility index (Phi) is 5.85. The fourth-order valence-electron chi connectivity index (χ4n) is 4.60. The molecule has 33 heavy (non-hydrogen) atoms. The third-order valence-electron chi connectivity index (χ3n) is 6.32. The normalized spacial score (nSPS) is 14.8. The lowest BCUT2D eigenvalue weighted by molar-refractivity contribution is 0.315. The molecule has 0 aliphatic heterocycles. The van der Waals surface area contributed by atoms with Crippen LogP contribution in [-0.2, 0) is 0 Å². The van der Waals surface area contributed by atoms with Crippen molar-refractivity contribution >= 4 is 11.6 Å². The Balaban J connectivity index is 1.36. The van der Waals surface area contributed by atoms with Crippen LogP contribution >= 0.6 is 0 Å². The van der Waals surface area contributed by atoms with Crippen molar-refractivity contribution in [3.63, 3.8) is 0 Å². The Hall–Kier alpha value is -3.99. The first-order valence-corrected chi connectivity index (χ1v) is 11.3. The topological polar surface area (TPSA) is 97.2 Å². The highest BCUT2D eigenvalue weighted by molar-refractivity contribution is 5.64. The van der Waals surface area contributed by atoms with Crippen molar-refractivity contribution in [2.45, 2.75) is 45.1 Å². The molecule has 1 unspecified atom stereocenters. The summed E-state index contributed by atoms with van der Waals surface area (Å²) in [4.78, 5) is 9.22. The molecular weight excluding hydrogens is 412 g/mol. The number of nitrogens with zero attached hydrogens (tertiary/aromatic N) is 7. The van der Waals surface area contributed by atoms with Crippen LogP contribution < -0.4 is 5.32 Å². The van der Waals surface area contributed by atoms with E-state index in [0.29, 0.717) is 18.3 Å². The first-order valence-electron chi connectivity index (χ1n) is 11.3. The van der Waals surface area contributed by atoms with E-state index in [9.17, 15) is 5.26 Å². The van der Waals surface area contributed by atoms with Gasteiger partial charge in [0.25, 0.3) is 0 Å². The lowest BCUT2D eigenvalue weighted by Crippen LogP contribution is -2.17. The van der Waals surface area contributed by atoms with E-state index in [0.717, 1.165) is 28.2 Å². The number of anilines is 2. The molecule has 166 valence electrons. The van der Waals surface area contributed by atoms with Crippen LogP contribution in [0.4, 0.5) is 11.6 Å². The molecule has 3 aromatic heterocycles. The first-order chi connectivity index (χ1) is 16.2. The Morgan fingerprint density at radius 2 is 1.97 bits per heavy atom. The fourth-order valence-corrected chi connectivity index (χ4v) is 4.60. The quantitative estimate of drug-likeness (QED) is 0.425. The van der Waals surface area contributed by atoms with Crippen molar-refractivity contribution < 1.29 is 0 Å². The maximum Gasteiger partial charge on any atom is 0.227 e. The van der Waals surface area contributed by atoms with Crippen LogP contribution in [0.15, 0.2) is 61.3 Å². The van der Waals surface area contributed by atoms with Crippen molar-refractivity contribution in [2.24, 2.45) is 5.92 Å². The molecule has 0 spiro atoms. The van der Waals surface area contributed by atoms with Crippen LogP contribution in [-0.4, -0.2) is 29.5 Å². The Morgan fingerprint density at radius 1 is 1.15 bits per heavy atom. The summed E-state index contributed by atoms with van der Waals surface area (Å²) in [5.74, 6) is 1.05. The largest absolute Gasteiger partial charge is 0.324 e. The van der Waals surface area contributed by atoms with Gasteiger partial charge in [-0.3, -0.25) is 4.68 Å². The van der Waals surface area contributed by atoms with Gasteiger partial charge in [-0.25, -0.2) is 14.6 Å². The number of hydrogen-bond acceptors (Lipinski definition) is 6. The second kappa shape index (κ2) is 9.25. The highest BCUT2D eigenvalue weighted by atomic mass is 15.3. The highest BCUT2D eigenvalue weighted by Crippen LogP contribution is 2.36. The summed E-state index contributed by atoms with van der Waals surface area (Å²) in [5, 5.41) is 21.5. The first kappa shape index (κ1) is 20.9. The van der Waals surface area contributed by atoms with Crippen molar-refractivity contribution in [1.29, 1.82) is 5.26 Å². The smallest absolute Gasteiger partial charge is 0.227 e. The van der Waals surface area contributed by atoms with Crippen LogP contribution in [0.25, 0.3) is 16.9 Å². The minimum Gasteiger partial charge on any atom is -0.324 e. The molecule has 1 saturated carbocycles. The molecule has 1 atom stereocenters. The van der Waals surface area contributed by atoms with Gasteiger partial charge in [-0.05, 0) is 61.6 Å². The van der Waals surface area contributed by atoms with E-state index in [1.165, 1.54) is 25.7 Å². The molecule has 1 N–H and O–H groups in total. The average Bonchev–Trinajstić information content (AvgIpc) is 3.62. The van der Waals surface area contributed by atoms with Crippen molar-refractivity contribution in [3.8, 4) is 23.0 Å². The lowest BCUT2D eigenvalue weighted by Gasteiger charge is -2.21. The number of aromatic nitrogens is 6. The van der Waals surface area contributed by atoms with Gasteiger partial charge in [0.05, 0.1) is 36.1 Å². The SMILES string of the molecule is Cc1cnc(Nc2ccc(-n3cccn3)cc2)nc1-c1cnn(C(CC#N)C2CCCC2)c1. The number of aryl methyl sites for hydroxylation is 1. The zero-order valence-electron chi connectivity index (χ0n) is 18.6. The molecule has 0 bridgehead atoms. The van der Waals surface area contributed by atoms with E-state index in [-0.39, 0.29) is 6.04 Å². The second-order valence-electron chi connectivity index (χ2n) is 8.53. The van der Waals surface area contributed by atoms with E-state index >= 15 is 0 Å². The summed E-state index contributed by atoms with van der Waals surface area (Å²) in [7, 11) is 0. The summed E-state index contributed by atoms with van der Waals surface area (Å²) in [6, 6.07) is 12.3. The molecule has 8 nitrogen and oxygen atoms in total. The molecule has 0 radical (unpaired) electrons. The number of nitrogens with one attached hydrogen (secondary N) is 1. The molecule has 1 aliphatic rings. The number of hydrogen-bond donors (Lipinski definition) is 1. The van der Waals surface area contributed by atoms with Gasteiger partial charge in [0.1, 0.15) is 0 Å². The molecule has 1 fully saturated rings. The molecule has 1 aromatic carbocycles. The number of nitriles is 1. The van der Waals surface area contributed by atoms with Gasteiger partial charge in [-0.15, -0.1) is 0 Å². The highest BCUT2D eigenvalue weighted by Gasteiger charge is 2.27. The van der Waals surface area contributed by atoms with Gasteiger partial charge in [0, 0.05) is 36.0 Å². The summed E-state index contributed by atoms with van der Waals surface area (Å²) in [6.07, 6.45) is 14.7. The van der Waals surface area contributed by atoms with E-state index in [1.807, 2.05) is 71.4 Å². The molecule has 3 heterocycles. The van der Waals surface area contributed by atoms with Crippen molar-refractivity contribution in [2.75, 3.05) is 5.32 Å². The predicted molar refractivity (Wildman–Crippen MR) is 126 cm³/mol. The zero-order valence-corrected chi connectivity index (χ0v) is 18.6. The van der Waals surface area contributed by atoms with Crippen LogP contribution in [0, 0.1) is 24.2 Å². The maximum absolute atomic E-state index is 9.35. The van der Waals surface area contributed by atoms with Gasteiger partial charge in [0.2, 0.25) is 5.95 Å². The van der Waals surface area contributed by atoms with Crippen molar-refractivity contribution in [3.05, 3.63) is 66.9 Å².